The van der Waals surface area contributed by atoms with E-state index in [2.05, 4.69) is 22.9 Å². The number of carbonyl (C=O) groups excluding carboxylic acids is 1. The largest absolute Gasteiger partial charge is 0.489 e. The summed E-state index contributed by atoms with van der Waals surface area (Å²) in [6.45, 7) is 4.50. The van der Waals surface area contributed by atoms with E-state index in [1.165, 1.54) is 0 Å². The highest BCUT2D eigenvalue weighted by atomic mass is 79.9. The minimum atomic E-state index is 0.189. The van der Waals surface area contributed by atoms with Gasteiger partial charge in [-0.25, -0.2) is 0 Å². The molecule has 3 nitrogen and oxygen atoms in total. The van der Waals surface area contributed by atoms with Gasteiger partial charge in [-0.15, -0.1) is 0 Å². The number of carbonyl (C=O) groups is 1. The molecule has 0 aliphatic carbocycles. The molecule has 1 heterocycles. The molecular formula is C21H24BrNO2. The van der Waals surface area contributed by atoms with Crippen molar-refractivity contribution < 1.29 is 9.53 Å². The lowest BCUT2D eigenvalue weighted by molar-refractivity contribution is -0.131. The molecule has 132 valence electrons. The first-order chi connectivity index (χ1) is 12.1. The lowest BCUT2D eigenvalue weighted by atomic mass is 9.98. The molecule has 1 aliphatic heterocycles. The maximum absolute atomic E-state index is 12.7. The average Bonchev–Trinajstić information content (AvgIpc) is 2.62. The summed E-state index contributed by atoms with van der Waals surface area (Å²) < 4.78 is 6.96. The van der Waals surface area contributed by atoms with E-state index in [1.807, 2.05) is 53.4 Å². The number of likely N-dealkylation sites (tertiary alicyclic amines) is 1. The molecule has 0 spiro atoms. The van der Waals surface area contributed by atoms with Gasteiger partial charge in [-0.1, -0.05) is 53.2 Å². The fourth-order valence-corrected chi connectivity index (χ4v) is 3.50. The predicted molar refractivity (Wildman–Crippen MR) is 104 cm³/mol. The van der Waals surface area contributed by atoms with Crippen molar-refractivity contribution in [3.05, 3.63) is 64.1 Å². The second-order valence-corrected chi connectivity index (χ2v) is 7.68. The SMILES string of the molecule is CC1CCN(C(=O)Cc2cc(Br)ccc2OCc2ccccc2)CC1. The molecule has 0 aromatic heterocycles. The summed E-state index contributed by atoms with van der Waals surface area (Å²) in [6.07, 6.45) is 2.58. The second kappa shape index (κ2) is 8.52. The monoisotopic (exact) mass is 401 g/mol. The summed E-state index contributed by atoms with van der Waals surface area (Å²) in [5.41, 5.74) is 2.06. The maximum Gasteiger partial charge on any atom is 0.227 e. The summed E-state index contributed by atoms with van der Waals surface area (Å²) in [7, 11) is 0. The molecule has 2 aromatic carbocycles. The highest BCUT2D eigenvalue weighted by Gasteiger charge is 2.21. The summed E-state index contributed by atoms with van der Waals surface area (Å²) in [5.74, 6) is 1.69. The van der Waals surface area contributed by atoms with Crippen molar-refractivity contribution in [2.24, 2.45) is 5.92 Å². The summed E-state index contributed by atoms with van der Waals surface area (Å²) >= 11 is 3.51. The molecule has 0 atom stereocenters. The third-order valence-corrected chi connectivity index (χ3v) is 5.23. The number of ether oxygens (including phenoxy) is 1. The van der Waals surface area contributed by atoms with Crippen LogP contribution in [0.2, 0.25) is 0 Å². The first-order valence-corrected chi connectivity index (χ1v) is 9.64. The molecule has 4 heteroatoms. The normalized spacial score (nSPS) is 15.2. The van der Waals surface area contributed by atoms with E-state index in [1.54, 1.807) is 0 Å². The van der Waals surface area contributed by atoms with Crippen molar-refractivity contribution in [3.8, 4) is 5.75 Å². The van der Waals surface area contributed by atoms with Crippen LogP contribution in [0.3, 0.4) is 0 Å². The van der Waals surface area contributed by atoms with Crippen LogP contribution in [0.15, 0.2) is 53.0 Å². The Hall–Kier alpha value is -1.81. The van der Waals surface area contributed by atoms with Crippen molar-refractivity contribution in [3.63, 3.8) is 0 Å². The van der Waals surface area contributed by atoms with E-state index in [0.717, 1.165) is 53.2 Å². The second-order valence-electron chi connectivity index (χ2n) is 6.77. The molecule has 2 aromatic rings. The molecule has 0 saturated carbocycles. The standard InChI is InChI=1S/C21H24BrNO2/c1-16-9-11-23(12-10-16)21(24)14-18-13-19(22)7-8-20(18)25-15-17-5-3-2-4-6-17/h2-8,13,16H,9-12,14-15H2,1H3. The van der Waals surface area contributed by atoms with E-state index in [0.29, 0.717) is 13.0 Å². The van der Waals surface area contributed by atoms with Crippen LogP contribution >= 0.6 is 15.9 Å². The van der Waals surface area contributed by atoms with Crippen LogP contribution in [0.1, 0.15) is 30.9 Å². The van der Waals surface area contributed by atoms with Crippen molar-refractivity contribution >= 4 is 21.8 Å². The Morgan fingerprint density at radius 1 is 1.16 bits per heavy atom. The molecule has 0 N–H and O–H groups in total. The third-order valence-electron chi connectivity index (χ3n) is 4.74. The Balaban J connectivity index is 1.67. The minimum absolute atomic E-state index is 0.189. The van der Waals surface area contributed by atoms with Crippen molar-refractivity contribution in [2.75, 3.05) is 13.1 Å². The Labute approximate surface area is 158 Å². The molecule has 1 amide bonds. The number of rotatable bonds is 5. The molecular weight excluding hydrogens is 378 g/mol. The Morgan fingerprint density at radius 2 is 1.88 bits per heavy atom. The lowest BCUT2D eigenvalue weighted by Crippen LogP contribution is -2.38. The van der Waals surface area contributed by atoms with Crippen LogP contribution < -0.4 is 4.74 Å². The maximum atomic E-state index is 12.7. The van der Waals surface area contributed by atoms with E-state index in [9.17, 15) is 4.79 Å². The number of benzene rings is 2. The molecule has 1 saturated heterocycles. The van der Waals surface area contributed by atoms with E-state index < -0.39 is 0 Å². The van der Waals surface area contributed by atoms with Gasteiger partial charge < -0.3 is 9.64 Å². The van der Waals surface area contributed by atoms with Gasteiger partial charge in [0.15, 0.2) is 0 Å². The van der Waals surface area contributed by atoms with Crippen LogP contribution in [-0.4, -0.2) is 23.9 Å². The summed E-state index contributed by atoms with van der Waals surface area (Å²) in [6, 6.07) is 16.0. The zero-order chi connectivity index (χ0) is 17.6. The number of amides is 1. The van der Waals surface area contributed by atoms with Crippen molar-refractivity contribution in [1.29, 1.82) is 0 Å². The topological polar surface area (TPSA) is 29.5 Å². The van der Waals surface area contributed by atoms with Crippen molar-refractivity contribution in [2.45, 2.75) is 32.8 Å². The molecule has 0 bridgehead atoms. The van der Waals surface area contributed by atoms with Gasteiger partial charge in [0.25, 0.3) is 0 Å². The smallest absolute Gasteiger partial charge is 0.227 e. The predicted octanol–water partition coefficient (Wildman–Crippen LogP) is 4.83. The summed E-state index contributed by atoms with van der Waals surface area (Å²) in [5, 5.41) is 0. The Kier molecular flexibility index (Phi) is 6.14. The number of nitrogens with zero attached hydrogens (tertiary/aromatic N) is 1. The van der Waals surface area contributed by atoms with Crippen LogP contribution in [0.25, 0.3) is 0 Å². The van der Waals surface area contributed by atoms with Gasteiger partial charge in [-0.05, 0) is 42.5 Å². The minimum Gasteiger partial charge on any atom is -0.489 e. The van der Waals surface area contributed by atoms with Crippen LogP contribution in [0.5, 0.6) is 5.75 Å². The molecule has 3 rings (SSSR count). The van der Waals surface area contributed by atoms with Crippen molar-refractivity contribution in [1.82, 2.24) is 4.90 Å². The van der Waals surface area contributed by atoms with Gasteiger partial charge >= 0.3 is 0 Å². The molecule has 25 heavy (non-hydrogen) atoms. The van der Waals surface area contributed by atoms with Crippen LogP contribution in [-0.2, 0) is 17.8 Å². The first-order valence-electron chi connectivity index (χ1n) is 8.85. The number of hydrogen-bond acceptors (Lipinski definition) is 2. The van der Waals surface area contributed by atoms with Gasteiger partial charge in [0, 0.05) is 23.1 Å². The van der Waals surface area contributed by atoms with Gasteiger partial charge in [0.2, 0.25) is 5.91 Å². The zero-order valence-electron chi connectivity index (χ0n) is 14.6. The average molecular weight is 402 g/mol. The highest BCUT2D eigenvalue weighted by Crippen LogP contribution is 2.26. The van der Waals surface area contributed by atoms with E-state index in [4.69, 9.17) is 4.74 Å². The Morgan fingerprint density at radius 3 is 2.60 bits per heavy atom. The van der Waals surface area contributed by atoms with Gasteiger partial charge in [0.05, 0.1) is 6.42 Å². The molecule has 0 radical (unpaired) electrons. The third kappa shape index (κ3) is 5.08. The fourth-order valence-electron chi connectivity index (χ4n) is 3.10. The number of halogens is 1. The zero-order valence-corrected chi connectivity index (χ0v) is 16.2. The van der Waals surface area contributed by atoms with Crippen LogP contribution in [0.4, 0.5) is 0 Å². The van der Waals surface area contributed by atoms with E-state index >= 15 is 0 Å². The lowest BCUT2D eigenvalue weighted by Gasteiger charge is -2.30. The molecule has 1 fully saturated rings. The Bertz CT molecular complexity index is 709. The van der Waals surface area contributed by atoms with Gasteiger partial charge in [-0.3, -0.25) is 4.79 Å². The van der Waals surface area contributed by atoms with Gasteiger partial charge in [0.1, 0.15) is 12.4 Å². The first kappa shape index (κ1) is 18.0. The summed E-state index contributed by atoms with van der Waals surface area (Å²) in [4.78, 5) is 14.7. The van der Waals surface area contributed by atoms with Gasteiger partial charge in [-0.2, -0.15) is 0 Å². The molecule has 0 unspecified atom stereocenters. The van der Waals surface area contributed by atoms with Crippen LogP contribution in [0, 0.1) is 5.92 Å². The fraction of sp³-hybridized carbons (Fsp3) is 0.381. The quantitative estimate of drug-likeness (QED) is 0.717. The molecule has 1 aliphatic rings. The van der Waals surface area contributed by atoms with E-state index in [-0.39, 0.29) is 5.91 Å². The number of piperidine rings is 1. The highest BCUT2D eigenvalue weighted by molar-refractivity contribution is 9.10. The number of hydrogen-bond donors (Lipinski definition) is 0.